The molecule has 5 heteroatoms. The monoisotopic (exact) mass is 482 g/mol. The van der Waals surface area contributed by atoms with Gasteiger partial charge in [-0.25, -0.2) is 0 Å². The summed E-state index contributed by atoms with van der Waals surface area (Å²) in [5.41, 5.74) is 1.65. The maximum Gasteiger partial charge on any atom is 0.305 e. The van der Waals surface area contributed by atoms with Crippen molar-refractivity contribution in [2.24, 2.45) is 17.3 Å². The van der Waals surface area contributed by atoms with Gasteiger partial charge in [-0.1, -0.05) is 78.0 Å². The minimum Gasteiger partial charge on any atom is -0.469 e. The summed E-state index contributed by atoms with van der Waals surface area (Å²) in [6, 6.07) is 0. The van der Waals surface area contributed by atoms with Crippen LogP contribution in [0.1, 0.15) is 105 Å². The highest BCUT2D eigenvalue weighted by Crippen LogP contribution is 2.43. The highest BCUT2D eigenvalue weighted by Gasteiger charge is 2.32. The number of thioether (sulfide) groups is 1. The molecule has 0 amide bonds. The van der Waals surface area contributed by atoms with Gasteiger partial charge in [0.1, 0.15) is 0 Å². The zero-order valence-electron chi connectivity index (χ0n) is 22.1. The highest BCUT2D eigenvalue weighted by atomic mass is 32.2. The molecule has 0 unspecified atom stereocenters. The molecule has 0 aromatic carbocycles. The number of carbonyl (C=O) groups excluding carboxylic acids is 1. The molecule has 1 aliphatic carbocycles. The lowest BCUT2D eigenvalue weighted by molar-refractivity contribution is -0.140. The molecule has 1 rings (SSSR count). The van der Waals surface area contributed by atoms with Crippen LogP contribution in [0.2, 0.25) is 0 Å². The van der Waals surface area contributed by atoms with Crippen molar-refractivity contribution in [3.63, 3.8) is 0 Å². The average Bonchev–Trinajstić information content (AvgIpc) is 3.05. The first-order chi connectivity index (χ1) is 15.6. The van der Waals surface area contributed by atoms with E-state index in [2.05, 4.69) is 40.7 Å². The third-order valence-electron chi connectivity index (χ3n) is 6.44. The van der Waals surface area contributed by atoms with E-state index in [9.17, 15) is 15.0 Å². The molecule has 0 radical (unpaired) electrons. The molecule has 0 aromatic heterocycles. The Kier molecular flexibility index (Phi) is 14.7. The fourth-order valence-corrected chi connectivity index (χ4v) is 5.68. The van der Waals surface area contributed by atoms with Gasteiger partial charge in [-0.15, -0.1) is 11.8 Å². The van der Waals surface area contributed by atoms with Crippen molar-refractivity contribution in [2.45, 2.75) is 117 Å². The van der Waals surface area contributed by atoms with E-state index in [1.807, 2.05) is 17.8 Å². The van der Waals surface area contributed by atoms with E-state index in [4.69, 9.17) is 4.74 Å². The van der Waals surface area contributed by atoms with Gasteiger partial charge in [0.15, 0.2) is 0 Å². The highest BCUT2D eigenvalue weighted by molar-refractivity contribution is 8.03. The summed E-state index contributed by atoms with van der Waals surface area (Å²) in [7, 11) is 1.44. The van der Waals surface area contributed by atoms with Crippen molar-refractivity contribution in [3.8, 4) is 0 Å². The molecule has 0 fully saturated rings. The van der Waals surface area contributed by atoms with Gasteiger partial charge in [0.25, 0.3) is 0 Å². The summed E-state index contributed by atoms with van der Waals surface area (Å²) in [6.07, 6.45) is 13.7. The molecular formula is C28H50O4S. The first kappa shape index (κ1) is 30.3. The van der Waals surface area contributed by atoms with Gasteiger partial charge in [0.2, 0.25) is 0 Å². The second kappa shape index (κ2) is 16.0. The molecule has 0 saturated carbocycles. The van der Waals surface area contributed by atoms with Crippen molar-refractivity contribution in [1.29, 1.82) is 0 Å². The molecule has 0 aliphatic heterocycles. The van der Waals surface area contributed by atoms with Gasteiger partial charge in [0, 0.05) is 12.3 Å². The average molecular weight is 483 g/mol. The molecule has 0 saturated heterocycles. The largest absolute Gasteiger partial charge is 0.469 e. The lowest BCUT2D eigenvalue weighted by Gasteiger charge is -2.19. The number of esters is 1. The van der Waals surface area contributed by atoms with Crippen LogP contribution in [0, 0.1) is 17.3 Å². The minimum absolute atomic E-state index is 0.0133. The number of aliphatic hydroxyl groups is 2. The van der Waals surface area contributed by atoms with E-state index in [1.165, 1.54) is 30.4 Å². The van der Waals surface area contributed by atoms with Crippen LogP contribution >= 0.6 is 11.8 Å². The maximum atomic E-state index is 11.3. The predicted molar refractivity (Wildman–Crippen MR) is 141 cm³/mol. The van der Waals surface area contributed by atoms with Gasteiger partial charge in [-0.05, 0) is 60.5 Å². The third-order valence-corrected chi connectivity index (χ3v) is 7.81. The minimum atomic E-state index is -0.452. The fraction of sp³-hybridized carbons (Fsp3) is 0.821. The van der Waals surface area contributed by atoms with Crippen LogP contribution in [-0.4, -0.2) is 41.3 Å². The predicted octanol–water partition coefficient (Wildman–Crippen LogP) is 7.05. The third kappa shape index (κ3) is 13.0. The number of carbonyl (C=O) groups is 1. The number of methoxy groups -OCH3 is 1. The van der Waals surface area contributed by atoms with Crippen LogP contribution < -0.4 is 0 Å². The zero-order valence-corrected chi connectivity index (χ0v) is 22.9. The quantitative estimate of drug-likeness (QED) is 0.140. The maximum absolute atomic E-state index is 11.3. The topological polar surface area (TPSA) is 66.8 Å². The van der Waals surface area contributed by atoms with Crippen LogP contribution in [-0.2, 0) is 9.53 Å². The summed E-state index contributed by atoms with van der Waals surface area (Å²) in [4.78, 5) is 12.6. The standard InChI is InChI=1S/C28H50O4S/c1-7-8-12-21(2)19-23(29)14-15-24-25(30)20-22(16-17-28(3,4)5)27(24)33-18-11-9-10-13-26(31)32-6/h14-15,21,23-25,29-30H,7-13,16-20H2,1-6H3/t21-,23-,24+,25-/m1/s1. The van der Waals surface area contributed by atoms with Crippen LogP contribution in [0.5, 0.6) is 0 Å². The Labute approximate surface area is 207 Å². The Morgan fingerprint density at radius 3 is 2.61 bits per heavy atom. The summed E-state index contributed by atoms with van der Waals surface area (Å²) in [5, 5.41) is 21.4. The van der Waals surface area contributed by atoms with E-state index in [1.54, 1.807) is 0 Å². The Balaban J connectivity index is 2.74. The summed E-state index contributed by atoms with van der Waals surface area (Å²) in [5.74, 6) is 1.35. The molecule has 0 aromatic rings. The second-order valence-corrected chi connectivity index (χ2v) is 12.1. The Morgan fingerprint density at radius 2 is 1.97 bits per heavy atom. The summed E-state index contributed by atoms with van der Waals surface area (Å²) in [6.45, 7) is 11.2. The van der Waals surface area contributed by atoms with Gasteiger partial charge in [-0.3, -0.25) is 4.79 Å². The number of hydrogen-bond donors (Lipinski definition) is 2. The molecule has 1 aliphatic rings. The summed E-state index contributed by atoms with van der Waals surface area (Å²) < 4.78 is 4.71. The molecule has 4 atom stereocenters. The van der Waals surface area contributed by atoms with Gasteiger partial charge >= 0.3 is 5.97 Å². The normalized spacial score (nSPS) is 21.1. The van der Waals surface area contributed by atoms with Gasteiger partial charge in [-0.2, -0.15) is 0 Å². The zero-order chi connectivity index (χ0) is 24.9. The molecule has 2 N–H and O–H groups in total. The van der Waals surface area contributed by atoms with Crippen molar-refractivity contribution in [3.05, 3.63) is 22.6 Å². The lowest BCUT2D eigenvalue weighted by Crippen LogP contribution is -2.15. The molecule has 4 nitrogen and oxygen atoms in total. The van der Waals surface area contributed by atoms with Gasteiger partial charge in [0.05, 0.1) is 19.3 Å². The first-order valence-electron chi connectivity index (χ1n) is 13.0. The van der Waals surface area contributed by atoms with Crippen LogP contribution in [0.3, 0.4) is 0 Å². The van der Waals surface area contributed by atoms with E-state index >= 15 is 0 Å². The number of rotatable bonds is 16. The van der Waals surface area contributed by atoms with Crippen molar-refractivity contribution < 1.29 is 19.7 Å². The van der Waals surface area contributed by atoms with E-state index in [0.29, 0.717) is 12.3 Å². The number of ether oxygens (including phenoxy) is 1. The van der Waals surface area contributed by atoms with Crippen LogP contribution in [0.4, 0.5) is 0 Å². The number of hydrogen-bond acceptors (Lipinski definition) is 5. The lowest BCUT2D eigenvalue weighted by atomic mass is 9.88. The number of aliphatic hydroxyl groups excluding tert-OH is 2. The molecule has 33 heavy (non-hydrogen) atoms. The first-order valence-corrected chi connectivity index (χ1v) is 14.0. The molecular weight excluding hydrogens is 432 g/mol. The fourth-order valence-electron chi connectivity index (χ4n) is 4.30. The Bertz CT molecular complexity index is 620. The van der Waals surface area contributed by atoms with Gasteiger partial charge < -0.3 is 14.9 Å². The van der Waals surface area contributed by atoms with Crippen LogP contribution in [0.15, 0.2) is 22.6 Å². The van der Waals surface area contributed by atoms with Crippen LogP contribution in [0.25, 0.3) is 0 Å². The Morgan fingerprint density at radius 1 is 1.24 bits per heavy atom. The Hall–Kier alpha value is -0.780. The smallest absolute Gasteiger partial charge is 0.305 e. The van der Waals surface area contributed by atoms with Crippen molar-refractivity contribution >= 4 is 17.7 Å². The van der Waals surface area contributed by atoms with E-state index in [-0.39, 0.29) is 17.3 Å². The van der Waals surface area contributed by atoms with E-state index in [0.717, 1.165) is 57.1 Å². The van der Waals surface area contributed by atoms with Crippen molar-refractivity contribution in [2.75, 3.05) is 12.9 Å². The molecule has 192 valence electrons. The molecule has 0 spiro atoms. The number of unbranched alkanes of at least 4 members (excludes halogenated alkanes) is 3. The van der Waals surface area contributed by atoms with Crippen molar-refractivity contribution in [1.82, 2.24) is 0 Å². The molecule has 0 bridgehead atoms. The van der Waals surface area contributed by atoms with E-state index < -0.39 is 12.2 Å². The second-order valence-electron chi connectivity index (χ2n) is 11.0. The SMILES string of the molecule is CCCC[C@@H](C)C[C@H](O)C=C[C@@H]1C(SCCCCCC(=O)OC)=C(CCC(C)(C)C)C[C@H]1O. The molecule has 0 heterocycles. The summed E-state index contributed by atoms with van der Waals surface area (Å²) >= 11 is 1.87.